The van der Waals surface area contributed by atoms with Gasteiger partial charge in [-0.1, -0.05) is 32.9 Å². The van der Waals surface area contributed by atoms with Crippen LogP contribution in [0.1, 0.15) is 36.7 Å². The van der Waals surface area contributed by atoms with Gasteiger partial charge < -0.3 is 14.7 Å². The molecule has 7 heteroatoms. The lowest BCUT2D eigenvalue weighted by Gasteiger charge is -2.22. The van der Waals surface area contributed by atoms with Crippen LogP contribution in [0.15, 0.2) is 48.5 Å². The summed E-state index contributed by atoms with van der Waals surface area (Å²) in [7, 11) is 1.56. The lowest BCUT2D eigenvalue weighted by molar-refractivity contribution is -0.384. The van der Waals surface area contributed by atoms with Gasteiger partial charge in [0.15, 0.2) is 0 Å². The van der Waals surface area contributed by atoms with Crippen molar-refractivity contribution < 1.29 is 19.6 Å². The summed E-state index contributed by atoms with van der Waals surface area (Å²) in [6, 6.07) is 13.1. The zero-order valence-electron chi connectivity index (χ0n) is 16.6. The summed E-state index contributed by atoms with van der Waals surface area (Å²) in [4.78, 5) is 23.9. The van der Waals surface area contributed by atoms with E-state index in [1.54, 1.807) is 7.05 Å². The normalized spacial score (nSPS) is 12.3. The number of rotatable bonds is 7. The maximum Gasteiger partial charge on any atom is 0.269 e. The van der Waals surface area contributed by atoms with Crippen molar-refractivity contribution in [3.63, 3.8) is 0 Å². The number of benzene rings is 2. The molecule has 28 heavy (non-hydrogen) atoms. The molecule has 0 heterocycles. The minimum absolute atomic E-state index is 0.0484. The molecule has 0 radical (unpaired) electrons. The van der Waals surface area contributed by atoms with Gasteiger partial charge in [-0.2, -0.15) is 0 Å². The number of non-ortho nitro benzene ring substituents is 1. The number of aliphatic hydroxyl groups is 1. The highest BCUT2D eigenvalue weighted by Gasteiger charge is 2.17. The van der Waals surface area contributed by atoms with Crippen molar-refractivity contribution in [1.29, 1.82) is 0 Å². The van der Waals surface area contributed by atoms with Crippen LogP contribution in [0.4, 0.5) is 5.69 Å². The van der Waals surface area contributed by atoms with Crippen LogP contribution in [-0.4, -0.2) is 47.1 Å². The zero-order valence-corrected chi connectivity index (χ0v) is 16.6. The quantitative estimate of drug-likeness (QED) is 0.581. The van der Waals surface area contributed by atoms with Crippen molar-refractivity contribution in [3.8, 4) is 5.75 Å². The zero-order chi connectivity index (χ0) is 20.9. The smallest absolute Gasteiger partial charge is 0.269 e. The van der Waals surface area contributed by atoms with Crippen LogP contribution in [0.5, 0.6) is 5.75 Å². The maximum atomic E-state index is 12.4. The van der Waals surface area contributed by atoms with Gasteiger partial charge in [0.2, 0.25) is 0 Å². The number of ether oxygens (including phenoxy) is 1. The molecule has 1 N–H and O–H groups in total. The molecule has 1 amide bonds. The largest absolute Gasteiger partial charge is 0.491 e. The average molecular weight is 386 g/mol. The molecule has 2 aromatic rings. The Bertz CT molecular complexity index is 810. The number of amides is 1. The predicted molar refractivity (Wildman–Crippen MR) is 107 cm³/mol. The van der Waals surface area contributed by atoms with Crippen LogP contribution in [0.25, 0.3) is 0 Å². The molecule has 0 aliphatic carbocycles. The summed E-state index contributed by atoms with van der Waals surface area (Å²) in [5.41, 5.74) is 1.48. The summed E-state index contributed by atoms with van der Waals surface area (Å²) in [6.45, 7) is 6.52. The van der Waals surface area contributed by atoms with Crippen LogP contribution in [0, 0.1) is 10.1 Å². The highest BCUT2D eigenvalue weighted by Crippen LogP contribution is 2.24. The van der Waals surface area contributed by atoms with Crippen molar-refractivity contribution in [3.05, 3.63) is 69.8 Å². The highest BCUT2D eigenvalue weighted by molar-refractivity contribution is 5.94. The van der Waals surface area contributed by atoms with E-state index < -0.39 is 11.0 Å². The van der Waals surface area contributed by atoms with Gasteiger partial charge in [-0.25, -0.2) is 0 Å². The lowest BCUT2D eigenvalue weighted by atomic mass is 9.87. The molecule has 7 nitrogen and oxygen atoms in total. The Labute approximate surface area is 164 Å². The highest BCUT2D eigenvalue weighted by atomic mass is 16.6. The molecule has 0 fully saturated rings. The van der Waals surface area contributed by atoms with Gasteiger partial charge in [0.05, 0.1) is 4.92 Å². The van der Waals surface area contributed by atoms with E-state index in [1.807, 2.05) is 24.3 Å². The number of likely N-dealkylation sites (N-methyl/N-ethyl adjacent to an activating group) is 1. The summed E-state index contributed by atoms with van der Waals surface area (Å²) in [5.74, 6) is 0.319. The first-order chi connectivity index (χ1) is 13.1. The third-order valence-electron chi connectivity index (χ3n) is 4.32. The Morgan fingerprint density at radius 3 is 2.21 bits per heavy atom. The first kappa shape index (κ1) is 21.4. The molecule has 0 spiro atoms. The molecule has 1 atom stereocenters. The molecule has 150 valence electrons. The molecule has 0 bridgehead atoms. The van der Waals surface area contributed by atoms with E-state index in [4.69, 9.17) is 4.74 Å². The van der Waals surface area contributed by atoms with Gasteiger partial charge in [-0.05, 0) is 35.2 Å². The number of hydrogen-bond donors (Lipinski definition) is 1. The van der Waals surface area contributed by atoms with Crippen molar-refractivity contribution in [1.82, 2.24) is 4.90 Å². The number of nitro benzene ring substituents is 1. The second kappa shape index (κ2) is 8.84. The number of carbonyl (C=O) groups is 1. The summed E-state index contributed by atoms with van der Waals surface area (Å²) < 4.78 is 5.60. The van der Waals surface area contributed by atoms with Crippen molar-refractivity contribution in [2.75, 3.05) is 20.2 Å². The van der Waals surface area contributed by atoms with Crippen LogP contribution in [0.2, 0.25) is 0 Å². The van der Waals surface area contributed by atoms with Gasteiger partial charge in [-0.3, -0.25) is 14.9 Å². The fraction of sp³-hybridized carbons (Fsp3) is 0.381. The topological polar surface area (TPSA) is 92.9 Å². The number of nitro groups is 1. The van der Waals surface area contributed by atoms with E-state index in [1.165, 1.54) is 34.7 Å². The molecular weight excluding hydrogens is 360 g/mol. The monoisotopic (exact) mass is 386 g/mol. The van der Waals surface area contributed by atoms with Gasteiger partial charge in [0.25, 0.3) is 11.6 Å². The summed E-state index contributed by atoms with van der Waals surface area (Å²) in [5, 5.41) is 20.9. The minimum atomic E-state index is -0.866. The Balaban J connectivity index is 1.87. The van der Waals surface area contributed by atoms with Gasteiger partial charge in [-0.15, -0.1) is 0 Å². The summed E-state index contributed by atoms with van der Waals surface area (Å²) in [6.07, 6.45) is -0.866. The van der Waals surface area contributed by atoms with Crippen LogP contribution in [-0.2, 0) is 5.41 Å². The lowest BCUT2D eigenvalue weighted by Crippen LogP contribution is -2.37. The Hall–Kier alpha value is -2.93. The molecule has 0 aliphatic rings. The standard InChI is InChI=1S/C21H26N2O5/c1-21(2,3)16-7-11-19(12-8-16)28-14-18(24)13-22(4)20(25)15-5-9-17(10-6-15)23(26)27/h5-12,18,24H,13-14H2,1-4H3. The predicted octanol–water partition coefficient (Wildman–Crippen LogP) is 3.40. The van der Waals surface area contributed by atoms with Crippen LogP contribution < -0.4 is 4.74 Å². The van der Waals surface area contributed by atoms with Gasteiger partial charge >= 0.3 is 0 Å². The Morgan fingerprint density at radius 1 is 1.14 bits per heavy atom. The van der Waals surface area contributed by atoms with E-state index in [0.29, 0.717) is 11.3 Å². The van der Waals surface area contributed by atoms with Crippen LogP contribution >= 0.6 is 0 Å². The van der Waals surface area contributed by atoms with Gasteiger partial charge in [0, 0.05) is 31.3 Å². The number of hydrogen-bond acceptors (Lipinski definition) is 5. The van der Waals surface area contributed by atoms with Gasteiger partial charge in [0.1, 0.15) is 18.5 Å². The summed E-state index contributed by atoms with van der Waals surface area (Å²) >= 11 is 0. The number of aliphatic hydroxyl groups excluding tert-OH is 1. The molecule has 0 aromatic heterocycles. The molecule has 2 aromatic carbocycles. The first-order valence-electron chi connectivity index (χ1n) is 8.99. The van der Waals surface area contributed by atoms with Crippen molar-refractivity contribution >= 4 is 11.6 Å². The third-order valence-corrected chi connectivity index (χ3v) is 4.32. The average Bonchev–Trinajstić information content (AvgIpc) is 2.65. The Morgan fingerprint density at radius 2 is 1.71 bits per heavy atom. The maximum absolute atomic E-state index is 12.4. The fourth-order valence-electron chi connectivity index (χ4n) is 2.64. The third kappa shape index (κ3) is 5.79. The first-order valence-corrected chi connectivity index (χ1v) is 8.99. The molecule has 0 aliphatic heterocycles. The van der Waals surface area contributed by atoms with E-state index in [2.05, 4.69) is 20.8 Å². The Kier molecular flexibility index (Phi) is 6.75. The number of nitrogens with zero attached hydrogens (tertiary/aromatic N) is 2. The van der Waals surface area contributed by atoms with E-state index >= 15 is 0 Å². The van der Waals surface area contributed by atoms with Crippen LogP contribution in [0.3, 0.4) is 0 Å². The molecular formula is C21H26N2O5. The molecule has 2 rings (SSSR count). The van der Waals surface area contributed by atoms with Crippen molar-refractivity contribution in [2.45, 2.75) is 32.3 Å². The van der Waals surface area contributed by atoms with E-state index in [-0.39, 0.29) is 30.2 Å². The second-order valence-corrected chi connectivity index (χ2v) is 7.73. The second-order valence-electron chi connectivity index (χ2n) is 7.73. The number of carbonyl (C=O) groups excluding carboxylic acids is 1. The molecule has 0 saturated carbocycles. The van der Waals surface area contributed by atoms with Crippen molar-refractivity contribution in [2.24, 2.45) is 0 Å². The SMILES string of the molecule is CN(CC(O)COc1ccc(C(C)(C)C)cc1)C(=O)c1ccc([N+](=O)[O-])cc1. The fourth-order valence-corrected chi connectivity index (χ4v) is 2.64. The molecule has 0 saturated heterocycles. The molecule has 1 unspecified atom stereocenters. The van der Waals surface area contributed by atoms with E-state index in [9.17, 15) is 20.0 Å². The van der Waals surface area contributed by atoms with E-state index in [0.717, 1.165) is 0 Å². The minimum Gasteiger partial charge on any atom is -0.491 e.